The van der Waals surface area contributed by atoms with Gasteiger partial charge in [-0.3, -0.25) is 4.79 Å². The van der Waals surface area contributed by atoms with Crippen LogP contribution in [0.1, 0.15) is 47.9 Å². The molecular formula is C20H25N3O3. The zero-order chi connectivity index (χ0) is 18.5. The van der Waals surface area contributed by atoms with Gasteiger partial charge in [-0.1, -0.05) is 6.07 Å². The van der Waals surface area contributed by atoms with Gasteiger partial charge in [0.25, 0.3) is 0 Å². The molecule has 1 N–H and O–H groups in total. The van der Waals surface area contributed by atoms with Gasteiger partial charge < -0.3 is 14.8 Å². The fourth-order valence-electron chi connectivity index (χ4n) is 3.36. The second-order valence-electron chi connectivity index (χ2n) is 6.52. The van der Waals surface area contributed by atoms with Gasteiger partial charge in [0.05, 0.1) is 20.3 Å². The van der Waals surface area contributed by atoms with Crippen molar-refractivity contribution in [2.75, 3.05) is 14.2 Å². The van der Waals surface area contributed by atoms with E-state index in [0.29, 0.717) is 24.3 Å². The SMILES string of the molecule is COc1ccc(CCC(=O)NC2CCCc3nc(C)ncc32)cc1OC. The van der Waals surface area contributed by atoms with Crippen LogP contribution in [-0.2, 0) is 17.6 Å². The van der Waals surface area contributed by atoms with Crippen LogP contribution in [0.4, 0.5) is 0 Å². The maximum absolute atomic E-state index is 12.4. The molecule has 1 aliphatic rings. The highest BCUT2D eigenvalue weighted by Gasteiger charge is 2.23. The van der Waals surface area contributed by atoms with Crippen molar-refractivity contribution in [3.63, 3.8) is 0 Å². The van der Waals surface area contributed by atoms with Gasteiger partial charge in [0.15, 0.2) is 11.5 Å². The standard InChI is InChI=1S/C20H25N3O3/c1-13-21-12-15-16(22-13)5-4-6-17(15)23-20(24)10-8-14-7-9-18(25-2)19(11-14)26-3/h7,9,11-12,17H,4-6,8,10H2,1-3H3,(H,23,24). The molecule has 1 aliphatic carbocycles. The molecule has 1 atom stereocenters. The maximum Gasteiger partial charge on any atom is 0.220 e. The summed E-state index contributed by atoms with van der Waals surface area (Å²) in [5.41, 5.74) is 3.16. The average molecular weight is 355 g/mol. The summed E-state index contributed by atoms with van der Waals surface area (Å²) in [6.45, 7) is 1.89. The molecule has 0 saturated carbocycles. The maximum atomic E-state index is 12.4. The van der Waals surface area contributed by atoms with E-state index >= 15 is 0 Å². The predicted octanol–water partition coefficient (Wildman–Crippen LogP) is 2.93. The van der Waals surface area contributed by atoms with Gasteiger partial charge in [-0.15, -0.1) is 0 Å². The number of carbonyl (C=O) groups excluding carboxylic acids is 1. The average Bonchev–Trinajstić information content (AvgIpc) is 2.66. The molecule has 1 amide bonds. The lowest BCUT2D eigenvalue weighted by atomic mass is 9.92. The normalized spacial score (nSPS) is 15.9. The Morgan fingerprint density at radius 3 is 2.85 bits per heavy atom. The van der Waals surface area contributed by atoms with Crippen molar-refractivity contribution in [2.45, 2.75) is 45.1 Å². The fourth-order valence-corrected chi connectivity index (χ4v) is 3.36. The zero-order valence-electron chi connectivity index (χ0n) is 15.5. The van der Waals surface area contributed by atoms with Gasteiger partial charge in [-0.05, 0) is 50.3 Å². The minimum absolute atomic E-state index is 0.0113. The number of hydrogen-bond acceptors (Lipinski definition) is 5. The number of aromatic nitrogens is 2. The second-order valence-corrected chi connectivity index (χ2v) is 6.52. The Morgan fingerprint density at radius 2 is 2.08 bits per heavy atom. The summed E-state index contributed by atoms with van der Waals surface area (Å²) in [7, 11) is 3.22. The summed E-state index contributed by atoms with van der Waals surface area (Å²) < 4.78 is 10.6. The molecule has 2 aromatic rings. The van der Waals surface area contributed by atoms with Crippen LogP contribution in [0.15, 0.2) is 24.4 Å². The van der Waals surface area contributed by atoms with E-state index in [-0.39, 0.29) is 11.9 Å². The lowest BCUT2D eigenvalue weighted by molar-refractivity contribution is -0.121. The number of methoxy groups -OCH3 is 2. The first kappa shape index (κ1) is 18.2. The minimum Gasteiger partial charge on any atom is -0.493 e. The first-order valence-corrected chi connectivity index (χ1v) is 8.93. The third-order valence-electron chi connectivity index (χ3n) is 4.73. The summed E-state index contributed by atoms with van der Waals surface area (Å²) in [6, 6.07) is 5.75. The predicted molar refractivity (Wildman–Crippen MR) is 98.5 cm³/mol. The Balaban J connectivity index is 1.60. The number of ether oxygens (including phenoxy) is 2. The Hall–Kier alpha value is -2.63. The molecule has 0 saturated heterocycles. The molecule has 6 nitrogen and oxygen atoms in total. The van der Waals surface area contributed by atoms with Crippen LogP contribution >= 0.6 is 0 Å². The number of nitrogens with zero attached hydrogens (tertiary/aromatic N) is 2. The van der Waals surface area contributed by atoms with E-state index in [1.165, 1.54) is 0 Å². The number of amides is 1. The number of nitrogens with one attached hydrogen (secondary N) is 1. The summed E-state index contributed by atoms with van der Waals surface area (Å²) in [4.78, 5) is 21.2. The molecule has 0 radical (unpaired) electrons. The van der Waals surface area contributed by atoms with E-state index in [1.54, 1.807) is 14.2 Å². The molecule has 3 rings (SSSR count). The van der Waals surface area contributed by atoms with E-state index in [4.69, 9.17) is 9.47 Å². The van der Waals surface area contributed by atoms with Crippen molar-refractivity contribution >= 4 is 5.91 Å². The molecule has 6 heteroatoms. The van der Waals surface area contributed by atoms with E-state index in [0.717, 1.165) is 41.9 Å². The Labute approximate surface area is 154 Å². The number of aryl methyl sites for hydroxylation is 3. The fraction of sp³-hybridized carbons (Fsp3) is 0.450. The van der Waals surface area contributed by atoms with Crippen LogP contribution in [0.25, 0.3) is 0 Å². The number of carbonyl (C=O) groups is 1. The van der Waals surface area contributed by atoms with Gasteiger partial charge in [-0.2, -0.15) is 0 Å². The molecule has 1 aromatic heterocycles. The van der Waals surface area contributed by atoms with Crippen molar-refractivity contribution in [3.05, 3.63) is 47.0 Å². The largest absolute Gasteiger partial charge is 0.493 e. The minimum atomic E-state index is 0.0113. The van der Waals surface area contributed by atoms with Crippen LogP contribution in [0.3, 0.4) is 0 Å². The smallest absolute Gasteiger partial charge is 0.220 e. The molecule has 0 aliphatic heterocycles. The highest BCUT2D eigenvalue weighted by molar-refractivity contribution is 5.76. The lowest BCUT2D eigenvalue weighted by Gasteiger charge is -2.25. The van der Waals surface area contributed by atoms with Crippen molar-refractivity contribution in [1.29, 1.82) is 0 Å². The molecular weight excluding hydrogens is 330 g/mol. The quantitative estimate of drug-likeness (QED) is 0.862. The van der Waals surface area contributed by atoms with E-state index in [9.17, 15) is 4.79 Å². The summed E-state index contributed by atoms with van der Waals surface area (Å²) in [5.74, 6) is 2.19. The molecule has 0 spiro atoms. The number of rotatable bonds is 6. The first-order chi connectivity index (χ1) is 12.6. The van der Waals surface area contributed by atoms with E-state index in [2.05, 4.69) is 15.3 Å². The molecule has 1 heterocycles. The van der Waals surface area contributed by atoms with Crippen molar-refractivity contribution in [1.82, 2.24) is 15.3 Å². The molecule has 1 aromatic carbocycles. The molecule has 138 valence electrons. The topological polar surface area (TPSA) is 73.3 Å². The Kier molecular flexibility index (Phi) is 5.71. The Morgan fingerprint density at radius 1 is 1.27 bits per heavy atom. The number of fused-ring (bicyclic) bond motifs is 1. The van der Waals surface area contributed by atoms with Crippen LogP contribution in [0, 0.1) is 6.92 Å². The number of benzene rings is 1. The van der Waals surface area contributed by atoms with Crippen molar-refractivity contribution in [2.24, 2.45) is 0 Å². The summed E-state index contributed by atoms with van der Waals surface area (Å²) in [5, 5.41) is 3.14. The molecule has 26 heavy (non-hydrogen) atoms. The number of hydrogen-bond donors (Lipinski definition) is 1. The van der Waals surface area contributed by atoms with Crippen molar-refractivity contribution < 1.29 is 14.3 Å². The van der Waals surface area contributed by atoms with Crippen LogP contribution in [-0.4, -0.2) is 30.1 Å². The zero-order valence-corrected chi connectivity index (χ0v) is 15.5. The van der Waals surface area contributed by atoms with Crippen LogP contribution < -0.4 is 14.8 Å². The van der Waals surface area contributed by atoms with Crippen LogP contribution in [0.2, 0.25) is 0 Å². The van der Waals surface area contributed by atoms with Crippen LogP contribution in [0.5, 0.6) is 11.5 Å². The van der Waals surface area contributed by atoms with Crippen molar-refractivity contribution in [3.8, 4) is 11.5 Å². The second kappa shape index (κ2) is 8.17. The first-order valence-electron chi connectivity index (χ1n) is 8.93. The van der Waals surface area contributed by atoms with Gasteiger partial charge in [0, 0.05) is 23.9 Å². The third-order valence-corrected chi connectivity index (χ3v) is 4.73. The monoisotopic (exact) mass is 355 g/mol. The lowest BCUT2D eigenvalue weighted by Crippen LogP contribution is -2.31. The summed E-state index contributed by atoms with van der Waals surface area (Å²) >= 11 is 0. The van der Waals surface area contributed by atoms with Gasteiger partial charge >= 0.3 is 0 Å². The Bertz CT molecular complexity index is 792. The van der Waals surface area contributed by atoms with E-state index < -0.39 is 0 Å². The van der Waals surface area contributed by atoms with Gasteiger partial charge in [-0.25, -0.2) is 9.97 Å². The highest BCUT2D eigenvalue weighted by Crippen LogP contribution is 2.29. The molecule has 1 unspecified atom stereocenters. The third kappa shape index (κ3) is 4.12. The van der Waals surface area contributed by atoms with E-state index in [1.807, 2.05) is 31.3 Å². The van der Waals surface area contributed by atoms with Gasteiger partial charge in [0.1, 0.15) is 5.82 Å². The summed E-state index contributed by atoms with van der Waals surface area (Å²) in [6.07, 6.45) is 5.85. The molecule has 0 bridgehead atoms. The molecule has 0 fully saturated rings. The van der Waals surface area contributed by atoms with Gasteiger partial charge in [0.2, 0.25) is 5.91 Å². The highest BCUT2D eigenvalue weighted by atomic mass is 16.5.